The van der Waals surface area contributed by atoms with Crippen LogP contribution in [0.4, 0.5) is 5.69 Å². The minimum absolute atomic E-state index is 0.0543. The maximum Gasteiger partial charge on any atom is 0.339 e. The van der Waals surface area contributed by atoms with Crippen LogP contribution in [0.25, 0.3) is 0 Å². The number of rotatable bonds is 1. The summed E-state index contributed by atoms with van der Waals surface area (Å²) >= 11 is 3.36. The number of anilines is 1. The van der Waals surface area contributed by atoms with Crippen LogP contribution in [0.2, 0.25) is 0 Å². The van der Waals surface area contributed by atoms with Gasteiger partial charge in [0.25, 0.3) is 0 Å². The highest BCUT2D eigenvalue weighted by Gasteiger charge is 2.20. The van der Waals surface area contributed by atoms with Gasteiger partial charge in [-0.2, -0.15) is 0 Å². The molecule has 0 radical (unpaired) electrons. The molecule has 0 heterocycles. The number of ether oxygens (including phenoxy) is 1. The van der Waals surface area contributed by atoms with E-state index in [4.69, 9.17) is 5.73 Å². The number of benzene rings is 1. The van der Waals surface area contributed by atoms with Crippen molar-refractivity contribution in [2.75, 3.05) is 12.8 Å². The zero-order valence-corrected chi connectivity index (χ0v) is 11.5. The Balaban J connectivity index is 3.33. The van der Waals surface area contributed by atoms with Crippen LogP contribution in [0.5, 0.6) is 0 Å². The Hall–Kier alpha value is -1.03. The Bertz CT molecular complexity index is 422. The second kappa shape index (κ2) is 4.45. The zero-order chi connectivity index (χ0) is 12.5. The van der Waals surface area contributed by atoms with Gasteiger partial charge in [0.1, 0.15) is 0 Å². The van der Waals surface area contributed by atoms with Gasteiger partial charge in [-0.05, 0) is 39.0 Å². The lowest BCUT2D eigenvalue weighted by Gasteiger charge is -2.22. The first-order valence-corrected chi connectivity index (χ1v) is 5.74. The van der Waals surface area contributed by atoms with E-state index in [2.05, 4.69) is 41.4 Å². The van der Waals surface area contributed by atoms with Gasteiger partial charge in [0.2, 0.25) is 0 Å². The normalized spacial score (nSPS) is 11.3. The lowest BCUT2D eigenvalue weighted by Crippen LogP contribution is -2.15. The lowest BCUT2D eigenvalue weighted by atomic mass is 9.85. The van der Waals surface area contributed by atoms with E-state index in [1.54, 1.807) is 6.07 Å². The predicted molar refractivity (Wildman–Crippen MR) is 68.6 cm³/mol. The molecule has 3 nitrogen and oxygen atoms in total. The molecule has 2 N–H and O–H groups in total. The number of esters is 1. The van der Waals surface area contributed by atoms with Gasteiger partial charge in [0.05, 0.1) is 12.7 Å². The zero-order valence-electron chi connectivity index (χ0n) is 9.93. The summed E-state index contributed by atoms with van der Waals surface area (Å²) in [4.78, 5) is 11.4. The number of nitrogens with two attached hydrogens (primary N) is 1. The molecule has 0 saturated heterocycles. The first-order chi connectivity index (χ1) is 7.27. The number of nitrogen functional groups attached to an aromatic ring is 1. The molecule has 0 fully saturated rings. The van der Waals surface area contributed by atoms with Crippen molar-refractivity contribution < 1.29 is 9.53 Å². The summed E-state index contributed by atoms with van der Waals surface area (Å²) in [6, 6.07) is 3.53. The third kappa shape index (κ3) is 2.55. The number of halogens is 1. The van der Waals surface area contributed by atoms with E-state index >= 15 is 0 Å². The molecule has 0 bridgehead atoms. The molecular formula is C12H16BrNO2. The van der Waals surface area contributed by atoms with Crippen molar-refractivity contribution in [3.63, 3.8) is 0 Å². The van der Waals surface area contributed by atoms with Crippen molar-refractivity contribution in [2.24, 2.45) is 0 Å². The Labute approximate surface area is 104 Å². The maximum absolute atomic E-state index is 11.4. The molecule has 88 valence electrons. The highest BCUT2D eigenvalue weighted by atomic mass is 79.9. The summed E-state index contributed by atoms with van der Waals surface area (Å²) < 4.78 is 5.38. The summed E-state index contributed by atoms with van der Waals surface area (Å²) in [5, 5.41) is 0. The molecule has 16 heavy (non-hydrogen) atoms. The molecule has 1 rings (SSSR count). The van der Waals surface area contributed by atoms with Crippen molar-refractivity contribution >= 4 is 27.6 Å². The Morgan fingerprint density at radius 1 is 1.38 bits per heavy atom. The number of carbonyl (C=O) groups is 1. The van der Waals surface area contributed by atoms with Gasteiger partial charge in [-0.15, -0.1) is 0 Å². The Morgan fingerprint density at radius 3 is 2.38 bits per heavy atom. The van der Waals surface area contributed by atoms with E-state index in [0.29, 0.717) is 15.7 Å². The van der Waals surface area contributed by atoms with E-state index in [1.807, 2.05) is 6.07 Å². The lowest BCUT2D eigenvalue weighted by molar-refractivity contribution is 0.0599. The smallest absolute Gasteiger partial charge is 0.339 e. The Morgan fingerprint density at radius 2 is 1.94 bits per heavy atom. The fraction of sp³-hybridized carbons (Fsp3) is 0.417. The molecule has 0 unspecified atom stereocenters. The van der Waals surface area contributed by atoms with E-state index < -0.39 is 0 Å². The van der Waals surface area contributed by atoms with Gasteiger partial charge < -0.3 is 10.5 Å². The van der Waals surface area contributed by atoms with Crippen LogP contribution in [0.15, 0.2) is 16.6 Å². The number of hydrogen-bond donors (Lipinski definition) is 1. The van der Waals surface area contributed by atoms with Crippen LogP contribution in [0.1, 0.15) is 36.7 Å². The second-order valence-corrected chi connectivity index (χ2v) is 5.52. The number of methoxy groups -OCH3 is 1. The largest absolute Gasteiger partial charge is 0.465 e. The van der Waals surface area contributed by atoms with Gasteiger partial charge >= 0.3 is 5.97 Å². The van der Waals surface area contributed by atoms with Crippen molar-refractivity contribution in [3.05, 3.63) is 27.7 Å². The molecular weight excluding hydrogens is 270 g/mol. The number of carbonyl (C=O) groups excluding carboxylic acids is 1. The van der Waals surface area contributed by atoms with E-state index in [0.717, 1.165) is 5.56 Å². The van der Waals surface area contributed by atoms with E-state index in [1.165, 1.54) is 7.11 Å². The highest BCUT2D eigenvalue weighted by Crippen LogP contribution is 2.32. The fourth-order valence-electron chi connectivity index (χ4n) is 1.51. The third-order valence-electron chi connectivity index (χ3n) is 2.35. The van der Waals surface area contributed by atoms with Gasteiger partial charge in [0, 0.05) is 10.2 Å². The molecule has 0 aliphatic rings. The van der Waals surface area contributed by atoms with Crippen LogP contribution in [-0.2, 0) is 10.2 Å². The molecule has 0 aliphatic carbocycles. The molecule has 0 aliphatic heterocycles. The standard InChI is InChI=1S/C12H16BrNO2/c1-12(2,3)8-6-9(13)7(5-10(8)14)11(15)16-4/h5-6H,14H2,1-4H3. The Kier molecular flexibility index (Phi) is 3.63. The van der Waals surface area contributed by atoms with Crippen LogP contribution < -0.4 is 5.73 Å². The molecule has 0 amide bonds. The predicted octanol–water partition coefficient (Wildman–Crippen LogP) is 3.12. The summed E-state index contributed by atoms with van der Waals surface area (Å²) in [5.41, 5.74) is 7.95. The minimum atomic E-state index is -0.390. The third-order valence-corrected chi connectivity index (χ3v) is 3.01. The molecule has 0 spiro atoms. The molecule has 4 heteroatoms. The molecule has 0 saturated carbocycles. The average Bonchev–Trinajstić information content (AvgIpc) is 2.18. The van der Waals surface area contributed by atoms with Gasteiger partial charge in [-0.25, -0.2) is 4.79 Å². The molecule has 1 aromatic rings. The van der Waals surface area contributed by atoms with Gasteiger partial charge in [-0.3, -0.25) is 0 Å². The minimum Gasteiger partial charge on any atom is -0.465 e. The summed E-state index contributed by atoms with van der Waals surface area (Å²) in [7, 11) is 1.35. The van der Waals surface area contributed by atoms with Crippen LogP contribution >= 0.6 is 15.9 Å². The van der Waals surface area contributed by atoms with Gasteiger partial charge in [0.15, 0.2) is 0 Å². The average molecular weight is 286 g/mol. The first-order valence-electron chi connectivity index (χ1n) is 4.95. The number of hydrogen-bond acceptors (Lipinski definition) is 3. The molecule has 0 aromatic heterocycles. The maximum atomic E-state index is 11.4. The topological polar surface area (TPSA) is 52.3 Å². The monoisotopic (exact) mass is 285 g/mol. The SMILES string of the molecule is COC(=O)c1cc(N)c(C(C)(C)C)cc1Br. The van der Waals surface area contributed by atoms with Crippen molar-refractivity contribution in [1.29, 1.82) is 0 Å². The van der Waals surface area contributed by atoms with Crippen molar-refractivity contribution in [1.82, 2.24) is 0 Å². The van der Waals surface area contributed by atoms with Crippen molar-refractivity contribution in [3.8, 4) is 0 Å². The summed E-state index contributed by atoms with van der Waals surface area (Å²) in [6.45, 7) is 6.22. The summed E-state index contributed by atoms with van der Waals surface area (Å²) in [6.07, 6.45) is 0. The van der Waals surface area contributed by atoms with Crippen LogP contribution in [-0.4, -0.2) is 13.1 Å². The molecule has 0 atom stereocenters. The van der Waals surface area contributed by atoms with Crippen LogP contribution in [0, 0.1) is 0 Å². The van der Waals surface area contributed by atoms with Crippen LogP contribution in [0.3, 0.4) is 0 Å². The first kappa shape index (κ1) is 13.0. The van der Waals surface area contributed by atoms with Crippen molar-refractivity contribution in [2.45, 2.75) is 26.2 Å². The fourth-order valence-corrected chi connectivity index (χ4v) is 2.01. The summed E-state index contributed by atoms with van der Waals surface area (Å²) in [5.74, 6) is -0.390. The van der Waals surface area contributed by atoms with E-state index in [-0.39, 0.29) is 11.4 Å². The van der Waals surface area contributed by atoms with Gasteiger partial charge in [-0.1, -0.05) is 20.8 Å². The molecule has 1 aromatic carbocycles. The second-order valence-electron chi connectivity index (χ2n) is 4.66. The van der Waals surface area contributed by atoms with E-state index in [9.17, 15) is 4.79 Å². The quantitative estimate of drug-likeness (QED) is 0.637. The highest BCUT2D eigenvalue weighted by molar-refractivity contribution is 9.10.